The van der Waals surface area contributed by atoms with Gasteiger partial charge in [0.1, 0.15) is 19.5 Å². The molecule has 10 heteroatoms. The molecule has 9 nitrogen and oxygen atoms in total. The SMILES string of the molecule is C=C(CCC=O)N(CCCCCCNC)CCCOC(=O)C(C)(C(C)(C)C)C(C)(C)C(C)(C)C(C)(CC(C)(C)C(C)CCCC)C(=O)OCCOC(=O)C(C)S. The van der Waals surface area contributed by atoms with Crippen molar-refractivity contribution >= 4 is 36.8 Å². The van der Waals surface area contributed by atoms with Gasteiger partial charge < -0.3 is 29.2 Å². The molecule has 0 saturated carbocycles. The van der Waals surface area contributed by atoms with Crippen LogP contribution in [0.4, 0.5) is 0 Å². The van der Waals surface area contributed by atoms with Gasteiger partial charge in [-0.15, -0.1) is 0 Å². The molecule has 0 amide bonds. The molecule has 0 bridgehead atoms. The molecule has 0 fully saturated rings. The molecule has 1 N–H and O–H groups in total. The van der Waals surface area contributed by atoms with Crippen LogP contribution in [0.15, 0.2) is 12.3 Å². The lowest BCUT2D eigenvalue weighted by atomic mass is 9.40. The first-order valence-electron chi connectivity index (χ1n) is 21.5. The van der Waals surface area contributed by atoms with Crippen LogP contribution >= 0.6 is 12.6 Å². The molecular formula is C46H86N2O7S. The van der Waals surface area contributed by atoms with Crippen LogP contribution in [0.1, 0.15) is 168 Å². The summed E-state index contributed by atoms with van der Waals surface area (Å²) in [6.07, 6.45) is 10.8. The number of hydrogen-bond acceptors (Lipinski definition) is 10. The molecule has 0 spiro atoms. The van der Waals surface area contributed by atoms with E-state index in [0.29, 0.717) is 38.1 Å². The second kappa shape index (κ2) is 24.1. The summed E-state index contributed by atoms with van der Waals surface area (Å²) in [6, 6.07) is 0. The molecule has 0 radical (unpaired) electrons. The first kappa shape index (κ1) is 53.9. The van der Waals surface area contributed by atoms with Gasteiger partial charge >= 0.3 is 17.9 Å². The number of allylic oxidation sites excluding steroid dienone is 1. The van der Waals surface area contributed by atoms with Crippen molar-refractivity contribution in [2.75, 3.05) is 46.5 Å². The fraction of sp³-hybridized carbons (Fsp3) is 0.870. The van der Waals surface area contributed by atoms with E-state index in [1.54, 1.807) is 6.92 Å². The maximum absolute atomic E-state index is 14.7. The number of unbranched alkanes of at least 4 members (excludes halogenated alkanes) is 4. The van der Waals surface area contributed by atoms with Crippen molar-refractivity contribution in [3.8, 4) is 0 Å². The molecule has 0 aliphatic rings. The highest BCUT2D eigenvalue weighted by Gasteiger charge is 2.67. The summed E-state index contributed by atoms with van der Waals surface area (Å²) in [5.74, 6) is -0.802. The van der Waals surface area contributed by atoms with E-state index in [2.05, 4.69) is 106 Å². The number of hydrogen-bond donors (Lipinski definition) is 2. The van der Waals surface area contributed by atoms with E-state index in [9.17, 15) is 19.2 Å². The Hall–Kier alpha value is -2.07. The second-order valence-electron chi connectivity index (χ2n) is 19.4. The summed E-state index contributed by atoms with van der Waals surface area (Å²) in [6.45, 7) is 36.1. The fourth-order valence-corrected chi connectivity index (χ4v) is 8.31. The Bertz CT molecular complexity index is 1220. The van der Waals surface area contributed by atoms with Crippen LogP contribution < -0.4 is 5.32 Å². The van der Waals surface area contributed by atoms with E-state index in [-0.39, 0.29) is 37.2 Å². The summed E-state index contributed by atoms with van der Waals surface area (Å²) in [5.41, 5.74) is -3.56. The van der Waals surface area contributed by atoms with E-state index in [1.165, 1.54) is 0 Å². The van der Waals surface area contributed by atoms with E-state index in [4.69, 9.17) is 14.2 Å². The molecule has 328 valence electrons. The summed E-state index contributed by atoms with van der Waals surface area (Å²) >= 11 is 4.15. The zero-order valence-corrected chi connectivity index (χ0v) is 39.6. The molecule has 0 heterocycles. The monoisotopic (exact) mass is 811 g/mol. The Kier molecular flexibility index (Phi) is 23.2. The van der Waals surface area contributed by atoms with Crippen LogP contribution in [0.5, 0.6) is 0 Å². The largest absolute Gasteiger partial charge is 0.465 e. The topological polar surface area (TPSA) is 111 Å². The van der Waals surface area contributed by atoms with E-state index in [1.807, 2.05) is 20.9 Å². The predicted octanol–water partition coefficient (Wildman–Crippen LogP) is 10.3. The number of esters is 3. The highest BCUT2D eigenvalue weighted by molar-refractivity contribution is 7.81. The number of carbonyl (C=O) groups excluding carboxylic acids is 4. The van der Waals surface area contributed by atoms with Crippen molar-refractivity contribution in [2.45, 2.75) is 173 Å². The first-order valence-corrected chi connectivity index (χ1v) is 22.0. The minimum Gasteiger partial charge on any atom is -0.465 e. The highest BCUT2D eigenvalue weighted by atomic mass is 32.1. The van der Waals surface area contributed by atoms with Crippen molar-refractivity contribution in [3.63, 3.8) is 0 Å². The summed E-state index contributed by atoms with van der Waals surface area (Å²) in [4.78, 5) is 54.7. The summed E-state index contributed by atoms with van der Waals surface area (Å²) in [5, 5.41) is 2.62. The van der Waals surface area contributed by atoms with Gasteiger partial charge in [-0.1, -0.05) is 115 Å². The van der Waals surface area contributed by atoms with Gasteiger partial charge in [0, 0.05) is 25.2 Å². The van der Waals surface area contributed by atoms with E-state index < -0.39 is 38.3 Å². The van der Waals surface area contributed by atoms with Crippen LogP contribution in [0.25, 0.3) is 0 Å². The van der Waals surface area contributed by atoms with Gasteiger partial charge in [-0.2, -0.15) is 12.6 Å². The number of nitrogens with one attached hydrogen (secondary N) is 1. The minimum absolute atomic E-state index is 0.0593. The molecule has 4 atom stereocenters. The molecule has 56 heavy (non-hydrogen) atoms. The van der Waals surface area contributed by atoms with Crippen LogP contribution in [0, 0.1) is 38.4 Å². The smallest absolute Gasteiger partial charge is 0.318 e. The van der Waals surface area contributed by atoms with Gasteiger partial charge in [0.05, 0.1) is 22.7 Å². The van der Waals surface area contributed by atoms with Gasteiger partial charge in [0.25, 0.3) is 0 Å². The van der Waals surface area contributed by atoms with Gasteiger partial charge in [0.15, 0.2) is 0 Å². The number of rotatable bonds is 30. The molecule has 0 aromatic carbocycles. The first-order chi connectivity index (χ1) is 25.8. The van der Waals surface area contributed by atoms with Gasteiger partial charge in [0.2, 0.25) is 0 Å². The fourth-order valence-electron chi connectivity index (χ4n) is 8.24. The molecule has 0 aliphatic carbocycles. The Balaban J connectivity index is 6.58. The summed E-state index contributed by atoms with van der Waals surface area (Å²) in [7, 11) is 1.97. The third kappa shape index (κ3) is 14.6. The molecule has 0 aliphatic heterocycles. The van der Waals surface area contributed by atoms with Crippen molar-refractivity contribution in [2.24, 2.45) is 38.4 Å². The lowest BCUT2D eigenvalue weighted by Crippen LogP contribution is -2.63. The Morgan fingerprint density at radius 2 is 1.32 bits per heavy atom. The molecule has 0 saturated heterocycles. The highest BCUT2D eigenvalue weighted by Crippen LogP contribution is 2.66. The quantitative estimate of drug-likeness (QED) is 0.0241. The molecule has 0 aromatic rings. The predicted molar refractivity (Wildman–Crippen MR) is 235 cm³/mol. The van der Waals surface area contributed by atoms with Gasteiger partial charge in [-0.3, -0.25) is 14.4 Å². The number of carbonyl (C=O) groups is 4. The zero-order chi connectivity index (χ0) is 43.6. The van der Waals surface area contributed by atoms with Crippen molar-refractivity contribution in [1.82, 2.24) is 10.2 Å². The number of ether oxygens (including phenoxy) is 3. The van der Waals surface area contributed by atoms with Crippen molar-refractivity contribution in [3.05, 3.63) is 12.3 Å². The third-order valence-electron chi connectivity index (χ3n) is 14.0. The van der Waals surface area contributed by atoms with E-state index in [0.717, 1.165) is 70.0 Å². The lowest BCUT2D eigenvalue weighted by Gasteiger charge is -2.62. The van der Waals surface area contributed by atoms with Gasteiger partial charge in [-0.05, 0) is 94.0 Å². The maximum Gasteiger partial charge on any atom is 0.318 e. The van der Waals surface area contributed by atoms with Crippen LogP contribution in [0.2, 0.25) is 0 Å². The standard InChI is InChI=1S/C46H86N2O7S/c1-17-18-25-35(2)42(8,9)34-45(14,39(51)55-33-32-53-38(50)37(4)56)43(10,11)44(12,13)46(15,41(5,6)7)40(52)54-31-24-29-48(36(3)26-23-30-49)28-22-20-19-21-27-47-16/h30,35,37,47,56H,3,17-29,31-34H2,1-2,4-16H3. The Morgan fingerprint density at radius 3 is 1.86 bits per heavy atom. The van der Waals surface area contributed by atoms with Crippen molar-refractivity contribution in [1.29, 1.82) is 0 Å². The molecular weight excluding hydrogens is 725 g/mol. The zero-order valence-electron chi connectivity index (χ0n) is 38.7. The summed E-state index contributed by atoms with van der Waals surface area (Å²) < 4.78 is 17.5. The normalized spacial score (nSPS) is 15.9. The number of nitrogens with zero attached hydrogens (tertiary/aromatic N) is 1. The second-order valence-corrected chi connectivity index (χ2v) is 20.2. The van der Waals surface area contributed by atoms with Crippen molar-refractivity contribution < 1.29 is 33.4 Å². The van der Waals surface area contributed by atoms with Crippen LogP contribution in [0.3, 0.4) is 0 Å². The van der Waals surface area contributed by atoms with E-state index >= 15 is 0 Å². The minimum atomic E-state index is -1.05. The average Bonchev–Trinajstić information content (AvgIpc) is 3.11. The number of thiol groups is 1. The third-order valence-corrected chi connectivity index (χ3v) is 14.2. The Morgan fingerprint density at radius 1 is 0.768 bits per heavy atom. The lowest BCUT2D eigenvalue weighted by molar-refractivity contribution is -0.209. The van der Waals surface area contributed by atoms with Crippen LogP contribution in [-0.2, 0) is 33.4 Å². The Labute approximate surface area is 349 Å². The molecule has 4 unspecified atom stereocenters. The van der Waals surface area contributed by atoms with Crippen LogP contribution in [-0.4, -0.2) is 80.8 Å². The molecule has 0 rings (SSSR count). The van der Waals surface area contributed by atoms with Gasteiger partial charge in [-0.25, -0.2) is 0 Å². The maximum atomic E-state index is 14.7. The average molecular weight is 811 g/mol. The molecule has 0 aromatic heterocycles. The number of aldehydes is 1.